The zero-order valence-corrected chi connectivity index (χ0v) is 11.3. The number of anilines is 1. The van der Waals surface area contributed by atoms with E-state index in [0.717, 1.165) is 16.9 Å². The van der Waals surface area contributed by atoms with Gasteiger partial charge in [0.25, 0.3) is 0 Å². The molecule has 1 atom stereocenters. The van der Waals surface area contributed by atoms with E-state index >= 15 is 0 Å². The Labute approximate surface area is 112 Å². The molecule has 2 rings (SSSR count). The summed E-state index contributed by atoms with van der Waals surface area (Å²) in [5.41, 5.74) is 2.15. The molecule has 0 fully saturated rings. The van der Waals surface area contributed by atoms with Crippen molar-refractivity contribution < 1.29 is 9.13 Å². The summed E-state index contributed by atoms with van der Waals surface area (Å²) in [6.45, 7) is 4.00. The first-order valence-corrected chi connectivity index (χ1v) is 6.14. The third-order valence-electron chi connectivity index (χ3n) is 2.93. The number of hydrogen-bond acceptors (Lipinski definition) is 3. The molecule has 2 aromatic rings. The highest BCUT2D eigenvalue weighted by molar-refractivity contribution is 5.44. The van der Waals surface area contributed by atoms with Crippen molar-refractivity contribution in [1.82, 2.24) is 4.98 Å². The maximum absolute atomic E-state index is 13.0. The Hall–Kier alpha value is -2.10. The Morgan fingerprint density at radius 1 is 1.26 bits per heavy atom. The van der Waals surface area contributed by atoms with Gasteiger partial charge in [-0.2, -0.15) is 4.39 Å². The summed E-state index contributed by atoms with van der Waals surface area (Å²) in [6.07, 6.45) is 0. The fourth-order valence-electron chi connectivity index (χ4n) is 1.96. The van der Waals surface area contributed by atoms with E-state index in [-0.39, 0.29) is 6.04 Å². The van der Waals surface area contributed by atoms with Gasteiger partial charge >= 0.3 is 0 Å². The van der Waals surface area contributed by atoms with E-state index in [0.29, 0.717) is 5.82 Å². The average molecular weight is 260 g/mol. The van der Waals surface area contributed by atoms with Gasteiger partial charge in [-0.25, -0.2) is 4.98 Å². The van der Waals surface area contributed by atoms with Crippen LogP contribution in [0.5, 0.6) is 5.75 Å². The fraction of sp³-hybridized carbons (Fsp3) is 0.267. The maximum Gasteiger partial charge on any atom is 0.214 e. The van der Waals surface area contributed by atoms with Crippen molar-refractivity contribution in [2.75, 3.05) is 12.4 Å². The SMILES string of the molecule is COc1cc(C)ccc1C(C)Nc1cccc(F)n1. The number of rotatable bonds is 4. The minimum Gasteiger partial charge on any atom is -0.496 e. The number of nitrogens with one attached hydrogen (secondary N) is 1. The standard InChI is InChI=1S/C15H17FN2O/c1-10-7-8-12(13(9-10)19-3)11(2)17-15-6-4-5-14(16)18-15/h4-9,11H,1-3H3,(H,17,18). The first-order valence-electron chi connectivity index (χ1n) is 6.14. The molecule has 3 nitrogen and oxygen atoms in total. The second-order valence-electron chi connectivity index (χ2n) is 4.46. The highest BCUT2D eigenvalue weighted by Gasteiger charge is 2.12. The quantitative estimate of drug-likeness (QED) is 0.851. The predicted octanol–water partition coefficient (Wildman–Crippen LogP) is 3.71. The third-order valence-corrected chi connectivity index (χ3v) is 2.93. The van der Waals surface area contributed by atoms with Gasteiger partial charge in [0, 0.05) is 5.56 Å². The van der Waals surface area contributed by atoms with Gasteiger partial charge in [-0.15, -0.1) is 0 Å². The topological polar surface area (TPSA) is 34.1 Å². The summed E-state index contributed by atoms with van der Waals surface area (Å²) < 4.78 is 18.4. The molecule has 0 aliphatic rings. The Balaban J connectivity index is 2.22. The van der Waals surface area contributed by atoms with E-state index in [1.54, 1.807) is 19.2 Å². The van der Waals surface area contributed by atoms with Crippen LogP contribution in [0.4, 0.5) is 10.2 Å². The Kier molecular flexibility index (Phi) is 4.00. The van der Waals surface area contributed by atoms with Crippen LogP contribution in [0.1, 0.15) is 24.1 Å². The number of aromatic nitrogens is 1. The molecule has 4 heteroatoms. The highest BCUT2D eigenvalue weighted by atomic mass is 19.1. The van der Waals surface area contributed by atoms with Gasteiger partial charge in [-0.05, 0) is 37.6 Å². The molecule has 1 aromatic heterocycles. The second-order valence-corrected chi connectivity index (χ2v) is 4.46. The lowest BCUT2D eigenvalue weighted by Gasteiger charge is -2.18. The normalized spacial score (nSPS) is 12.0. The molecule has 0 aliphatic heterocycles. The van der Waals surface area contributed by atoms with Crippen molar-refractivity contribution in [3.63, 3.8) is 0 Å². The number of ether oxygens (including phenoxy) is 1. The van der Waals surface area contributed by atoms with E-state index in [4.69, 9.17) is 4.74 Å². The van der Waals surface area contributed by atoms with Gasteiger partial charge < -0.3 is 10.1 Å². The van der Waals surface area contributed by atoms with Gasteiger partial charge in [0.15, 0.2) is 0 Å². The number of benzene rings is 1. The second kappa shape index (κ2) is 5.69. The van der Waals surface area contributed by atoms with Gasteiger partial charge in [0.2, 0.25) is 5.95 Å². The summed E-state index contributed by atoms with van der Waals surface area (Å²) in [6, 6.07) is 10.7. The lowest BCUT2D eigenvalue weighted by atomic mass is 10.0. The molecular weight excluding hydrogens is 243 g/mol. The first-order chi connectivity index (χ1) is 9.10. The van der Waals surface area contributed by atoms with E-state index in [2.05, 4.69) is 10.3 Å². The van der Waals surface area contributed by atoms with Crippen molar-refractivity contribution in [3.05, 3.63) is 53.5 Å². The van der Waals surface area contributed by atoms with E-state index < -0.39 is 5.95 Å². The van der Waals surface area contributed by atoms with Crippen molar-refractivity contribution >= 4 is 5.82 Å². The maximum atomic E-state index is 13.0. The lowest BCUT2D eigenvalue weighted by Crippen LogP contribution is -2.09. The van der Waals surface area contributed by atoms with Crippen LogP contribution in [-0.4, -0.2) is 12.1 Å². The Morgan fingerprint density at radius 2 is 2.05 bits per heavy atom. The Bertz CT molecular complexity index is 572. The van der Waals surface area contributed by atoms with Gasteiger partial charge in [0.1, 0.15) is 11.6 Å². The van der Waals surface area contributed by atoms with Crippen molar-refractivity contribution in [2.24, 2.45) is 0 Å². The van der Waals surface area contributed by atoms with E-state index in [1.165, 1.54) is 6.07 Å². The van der Waals surface area contributed by atoms with Crippen LogP contribution in [-0.2, 0) is 0 Å². The van der Waals surface area contributed by atoms with Crippen molar-refractivity contribution in [2.45, 2.75) is 19.9 Å². The largest absolute Gasteiger partial charge is 0.496 e. The molecule has 1 N–H and O–H groups in total. The molecule has 100 valence electrons. The minimum atomic E-state index is -0.493. The summed E-state index contributed by atoms with van der Waals surface area (Å²) in [4.78, 5) is 3.79. The van der Waals surface area contributed by atoms with Gasteiger partial charge in [-0.3, -0.25) is 0 Å². The molecule has 1 aromatic carbocycles. The molecule has 0 saturated carbocycles. The van der Waals surface area contributed by atoms with Crippen molar-refractivity contribution in [3.8, 4) is 5.75 Å². The summed E-state index contributed by atoms with van der Waals surface area (Å²) in [7, 11) is 1.64. The third kappa shape index (κ3) is 3.22. The number of methoxy groups -OCH3 is 1. The predicted molar refractivity (Wildman–Crippen MR) is 74.0 cm³/mol. The number of halogens is 1. The fourth-order valence-corrected chi connectivity index (χ4v) is 1.96. The van der Waals surface area contributed by atoms with Crippen LogP contribution < -0.4 is 10.1 Å². The minimum absolute atomic E-state index is 0.0233. The number of pyridine rings is 1. The Morgan fingerprint density at radius 3 is 2.74 bits per heavy atom. The van der Waals surface area contributed by atoms with Crippen LogP contribution in [0.3, 0.4) is 0 Å². The first kappa shape index (κ1) is 13.3. The van der Waals surface area contributed by atoms with Crippen molar-refractivity contribution in [1.29, 1.82) is 0 Å². The molecule has 0 bridgehead atoms. The zero-order chi connectivity index (χ0) is 13.8. The molecule has 0 amide bonds. The van der Waals surface area contributed by atoms with Crippen LogP contribution in [0.2, 0.25) is 0 Å². The monoisotopic (exact) mass is 260 g/mol. The van der Waals surface area contributed by atoms with Crippen LogP contribution in [0.15, 0.2) is 36.4 Å². The van der Waals surface area contributed by atoms with E-state index in [1.807, 2.05) is 32.0 Å². The number of nitrogens with zero attached hydrogens (tertiary/aromatic N) is 1. The summed E-state index contributed by atoms with van der Waals surface area (Å²) in [5.74, 6) is 0.833. The molecule has 0 radical (unpaired) electrons. The lowest BCUT2D eigenvalue weighted by molar-refractivity contribution is 0.407. The molecule has 0 saturated heterocycles. The summed E-state index contributed by atoms with van der Waals surface area (Å²) in [5, 5.41) is 3.16. The zero-order valence-electron chi connectivity index (χ0n) is 11.3. The molecule has 1 heterocycles. The van der Waals surface area contributed by atoms with Gasteiger partial charge in [0.05, 0.1) is 13.2 Å². The smallest absolute Gasteiger partial charge is 0.214 e. The van der Waals surface area contributed by atoms with Crippen LogP contribution in [0.25, 0.3) is 0 Å². The number of hydrogen-bond donors (Lipinski definition) is 1. The van der Waals surface area contributed by atoms with Gasteiger partial charge in [-0.1, -0.05) is 18.2 Å². The van der Waals surface area contributed by atoms with E-state index in [9.17, 15) is 4.39 Å². The highest BCUT2D eigenvalue weighted by Crippen LogP contribution is 2.28. The summed E-state index contributed by atoms with van der Waals surface area (Å²) >= 11 is 0. The molecule has 19 heavy (non-hydrogen) atoms. The molecule has 0 aliphatic carbocycles. The van der Waals surface area contributed by atoms with Crippen LogP contribution in [0, 0.1) is 12.9 Å². The molecule has 0 spiro atoms. The molecule has 1 unspecified atom stereocenters. The molecular formula is C15H17FN2O. The van der Waals surface area contributed by atoms with Crippen LogP contribution >= 0.6 is 0 Å². The average Bonchev–Trinajstić information content (AvgIpc) is 2.38. The number of aryl methyl sites for hydroxylation is 1.